The van der Waals surface area contributed by atoms with Gasteiger partial charge in [0.05, 0.1) is 12.6 Å². The van der Waals surface area contributed by atoms with Gasteiger partial charge in [0.1, 0.15) is 5.82 Å². The van der Waals surface area contributed by atoms with Gasteiger partial charge in [0.25, 0.3) is 0 Å². The van der Waals surface area contributed by atoms with E-state index in [1.165, 1.54) is 12.1 Å². The number of benzene rings is 2. The van der Waals surface area contributed by atoms with Gasteiger partial charge in [0, 0.05) is 32.7 Å². The molecule has 0 amide bonds. The van der Waals surface area contributed by atoms with Crippen molar-refractivity contribution >= 4 is 0 Å². The highest BCUT2D eigenvalue weighted by Crippen LogP contribution is 2.28. The van der Waals surface area contributed by atoms with Crippen LogP contribution >= 0.6 is 0 Å². The number of hydrogen-bond donors (Lipinski definition) is 0. The highest BCUT2D eigenvalue weighted by atomic mass is 19.1. The summed E-state index contributed by atoms with van der Waals surface area (Å²) in [5.41, 5.74) is 2.13. The van der Waals surface area contributed by atoms with Crippen LogP contribution < -0.4 is 0 Å². The van der Waals surface area contributed by atoms with Crippen molar-refractivity contribution in [3.63, 3.8) is 0 Å². The second kappa shape index (κ2) is 9.07. The molecule has 6 nitrogen and oxygen atoms in total. The SMILES string of the molecule is C=CCN1CCN(C(c2ccc(F)cc2)c2nnnn2Cc2ccccc2)CC1. The lowest BCUT2D eigenvalue weighted by Crippen LogP contribution is -2.48. The minimum Gasteiger partial charge on any atom is -0.297 e. The van der Waals surface area contributed by atoms with Crippen LogP contribution in [-0.4, -0.2) is 62.7 Å². The number of piperazine rings is 1. The molecule has 1 aromatic heterocycles. The maximum Gasteiger partial charge on any atom is 0.173 e. The number of rotatable bonds is 7. The molecule has 29 heavy (non-hydrogen) atoms. The number of halogens is 1. The quantitative estimate of drug-likeness (QED) is 0.579. The summed E-state index contributed by atoms with van der Waals surface area (Å²) in [6, 6.07) is 16.7. The van der Waals surface area contributed by atoms with Crippen molar-refractivity contribution in [1.82, 2.24) is 30.0 Å². The first-order chi connectivity index (χ1) is 14.2. The van der Waals surface area contributed by atoms with E-state index in [1.54, 1.807) is 0 Å². The number of hydrogen-bond acceptors (Lipinski definition) is 5. The molecule has 3 aromatic rings. The number of nitrogens with zero attached hydrogens (tertiary/aromatic N) is 6. The standard InChI is InChI=1S/C22H25FN6/c1-2-12-27-13-15-28(16-14-27)21(19-8-10-20(23)11-9-19)22-24-25-26-29(22)17-18-6-4-3-5-7-18/h2-11,21H,1,12-17H2. The molecular weight excluding hydrogens is 367 g/mol. The van der Waals surface area contributed by atoms with Crippen molar-refractivity contribution in [3.05, 3.63) is 90.0 Å². The van der Waals surface area contributed by atoms with Crippen LogP contribution in [0.2, 0.25) is 0 Å². The normalized spacial score (nSPS) is 16.6. The molecule has 1 atom stereocenters. The molecule has 1 saturated heterocycles. The van der Waals surface area contributed by atoms with Gasteiger partial charge >= 0.3 is 0 Å². The predicted octanol–water partition coefficient (Wildman–Crippen LogP) is 2.75. The third-order valence-corrected chi connectivity index (χ3v) is 5.32. The molecule has 4 rings (SSSR count). The molecule has 0 radical (unpaired) electrons. The summed E-state index contributed by atoms with van der Waals surface area (Å²) in [5.74, 6) is 0.532. The summed E-state index contributed by atoms with van der Waals surface area (Å²) < 4.78 is 15.4. The molecule has 1 fully saturated rings. The van der Waals surface area contributed by atoms with Crippen LogP contribution in [0.1, 0.15) is 23.0 Å². The molecule has 1 aliphatic rings. The Labute approximate surface area is 170 Å². The summed E-state index contributed by atoms with van der Waals surface area (Å²) >= 11 is 0. The lowest BCUT2D eigenvalue weighted by Gasteiger charge is -2.38. The fourth-order valence-electron chi connectivity index (χ4n) is 3.83. The van der Waals surface area contributed by atoms with E-state index in [4.69, 9.17) is 0 Å². The molecule has 7 heteroatoms. The molecule has 0 aliphatic carbocycles. The van der Waals surface area contributed by atoms with E-state index < -0.39 is 0 Å². The van der Waals surface area contributed by atoms with Crippen LogP contribution in [-0.2, 0) is 6.54 Å². The van der Waals surface area contributed by atoms with Gasteiger partial charge in [-0.2, -0.15) is 0 Å². The maximum atomic E-state index is 13.6. The lowest BCUT2D eigenvalue weighted by atomic mass is 10.0. The zero-order chi connectivity index (χ0) is 20.1. The molecule has 0 saturated carbocycles. The first-order valence-electron chi connectivity index (χ1n) is 9.87. The van der Waals surface area contributed by atoms with Gasteiger partial charge in [0.2, 0.25) is 0 Å². The summed E-state index contributed by atoms with van der Waals surface area (Å²) in [6.07, 6.45) is 1.94. The minimum atomic E-state index is -0.243. The third-order valence-electron chi connectivity index (χ3n) is 5.32. The van der Waals surface area contributed by atoms with E-state index in [1.807, 2.05) is 41.1 Å². The van der Waals surface area contributed by atoms with Crippen LogP contribution in [0.15, 0.2) is 67.3 Å². The maximum absolute atomic E-state index is 13.6. The van der Waals surface area contributed by atoms with E-state index in [-0.39, 0.29) is 11.9 Å². The second-order valence-corrected chi connectivity index (χ2v) is 7.26. The predicted molar refractivity (Wildman–Crippen MR) is 110 cm³/mol. The van der Waals surface area contributed by atoms with Gasteiger partial charge in [-0.25, -0.2) is 9.07 Å². The molecule has 0 spiro atoms. The van der Waals surface area contributed by atoms with Crippen LogP contribution in [0.3, 0.4) is 0 Å². The monoisotopic (exact) mass is 392 g/mol. The largest absolute Gasteiger partial charge is 0.297 e. The highest BCUT2D eigenvalue weighted by Gasteiger charge is 2.30. The first kappa shape index (κ1) is 19.4. The van der Waals surface area contributed by atoms with Crippen molar-refractivity contribution in [2.75, 3.05) is 32.7 Å². The molecule has 1 unspecified atom stereocenters. The van der Waals surface area contributed by atoms with Gasteiger partial charge in [0.15, 0.2) is 5.82 Å². The lowest BCUT2D eigenvalue weighted by molar-refractivity contribution is 0.112. The average Bonchev–Trinajstić information content (AvgIpc) is 3.19. The first-order valence-corrected chi connectivity index (χ1v) is 9.87. The van der Waals surface area contributed by atoms with E-state index in [0.717, 1.165) is 49.7 Å². The minimum absolute atomic E-state index is 0.125. The van der Waals surface area contributed by atoms with E-state index in [0.29, 0.717) is 6.54 Å². The van der Waals surface area contributed by atoms with Crippen molar-refractivity contribution in [1.29, 1.82) is 0 Å². The Bertz CT molecular complexity index is 916. The van der Waals surface area contributed by atoms with E-state index in [2.05, 4.69) is 44.0 Å². The highest BCUT2D eigenvalue weighted by molar-refractivity contribution is 5.26. The zero-order valence-corrected chi connectivity index (χ0v) is 16.4. The Morgan fingerprint density at radius 2 is 1.72 bits per heavy atom. The van der Waals surface area contributed by atoms with Gasteiger partial charge in [-0.3, -0.25) is 9.80 Å². The fraction of sp³-hybridized carbons (Fsp3) is 0.318. The third kappa shape index (κ3) is 4.58. The Morgan fingerprint density at radius 1 is 1.00 bits per heavy atom. The van der Waals surface area contributed by atoms with Crippen LogP contribution in [0.25, 0.3) is 0 Å². The summed E-state index contributed by atoms with van der Waals surface area (Å²) in [5, 5.41) is 12.6. The smallest absolute Gasteiger partial charge is 0.173 e. The average molecular weight is 392 g/mol. The Hall–Kier alpha value is -2.90. The molecule has 0 N–H and O–H groups in total. The topological polar surface area (TPSA) is 50.1 Å². The molecule has 1 aliphatic heterocycles. The Kier molecular flexibility index (Phi) is 6.07. The fourth-order valence-corrected chi connectivity index (χ4v) is 3.83. The summed E-state index contributed by atoms with van der Waals surface area (Å²) in [7, 11) is 0. The second-order valence-electron chi connectivity index (χ2n) is 7.26. The zero-order valence-electron chi connectivity index (χ0n) is 16.4. The molecular formula is C22H25FN6. The van der Waals surface area contributed by atoms with Crippen LogP contribution in [0.4, 0.5) is 4.39 Å². The van der Waals surface area contributed by atoms with Gasteiger partial charge in [-0.05, 0) is 33.7 Å². The van der Waals surface area contributed by atoms with Crippen LogP contribution in [0, 0.1) is 5.82 Å². The number of tetrazole rings is 1. The molecule has 2 heterocycles. The molecule has 0 bridgehead atoms. The van der Waals surface area contributed by atoms with Crippen molar-refractivity contribution in [2.24, 2.45) is 0 Å². The van der Waals surface area contributed by atoms with Gasteiger partial charge in [-0.15, -0.1) is 11.7 Å². The van der Waals surface area contributed by atoms with Crippen molar-refractivity contribution in [2.45, 2.75) is 12.6 Å². The Balaban J connectivity index is 1.64. The molecule has 150 valence electrons. The van der Waals surface area contributed by atoms with Crippen LogP contribution in [0.5, 0.6) is 0 Å². The summed E-state index contributed by atoms with van der Waals surface area (Å²) in [6.45, 7) is 8.98. The van der Waals surface area contributed by atoms with Gasteiger partial charge < -0.3 is 0 Å². The number of aromatic nitrogens is 4. The van der Waals surface area contributed by atoms with Gasteiger partial charge in [-0.1, -0.05) is 48.5 Å². The molecule has 2 aromatic carbocycles. The van der Waals surface area contributed by atoms with Crippen molar-refractivity contribution in [3.8, 4) is 0 Å². The van der Waals surface area contributed by atoms with E-state index >= 15 is 0 Å². The summed E-state index contributed by atoms with van der Waals surface area (Å²) in [4.78, 5) is 4.75. The van der Waals surface area contributed by atoms with E-state index in [9.17, 15) is 4.39 Å². The Morgan fingerprint density at radius 3 is 2.41 bits per heavy atom. The van der Waals surface area contributed by atoms with Crippen molar-refractivity contribution < 1.29 is 4.39 Å².